The van der Waals surface area contributed by atoms with Gasteiger partial charge in [-0.25, -0.2) is 0 Å². The number of Topliss-reactive ketones (excluding diaryl/α,β-unsaturated/α-hetero) is 1. The van der Waals surface area contributed by atoms with E-state index in [1.54, 1.807) is 38.9 Å². The molecule has 2 amide bonds. The van der Waals surface area contributed by atoms with Crippen molar-refractivity contribution >= 4 is 89.1 Å². The number of halogens is 4. The monoisotopic (exact) mass is 2200 g/mol. The molecule has 22 atom stereocenters. The Kier molecular flexibility index (Phi) is 27.1. The van der Waals surface area contributed by atoms with Crippen LogP contribution in [0.1, 0.15) is 379 Å². The van der Waals surface area contributed by atoms with E-state index < -0.39 is 11.3 Å². The number of anilines is 3. The summed E-state index contributed by atoms with van der Waals surface area (Å²) in [6.07, 6.45) is 43.6. The van der Waals surface area contributed by atoms with E-state index in [2.05, 4.69) is 255 Å². The van der Waals surface area contributed by atoms with Gasteiger partial charge in [0.1, 0.15) is 17.5 Å². The first kappa shape index (κ1) is 104. The third-order valence-electron chi connectivity index (χ3n) is 44.4. The number of allylic oxidation sites excluding steroid dienone is 6. The molecular weight excluding hydrogens is 2030 g/mol. The third-order valence-corrected chi connectivity index (χ3v) is 44.8. The summed E-state index contributed by atoms with van der Waals surface area (Å²) in [6, 6.07) is 0. The number of nitrogens with zero attached hydrogens (tertiary/aromatic N) is 5. The minimum absolute atomic E-state index is 0. The Morgan fingerprint density at radius 3 is 1.21 bits per heavy atom. The van der Waals surface area contributed by atoms with Crippen molar-refractivity contribution < 1.29 is 32.4 Å². The van der Waals surface area contributed by atoms with E-state index in [9.17, 15) is 24.0 Å². The van der Waals surface area contributed by atoms with Gasteiger partial charge in [-0.05, 0) is 341 Å². The maximum atomic E-state index is 14.7. The Labute approximate surface area is 839 Å². The number of nitrogens with one attached hydrogen (secondary N) is 5. The molecule has 744 valence electrons. The van der Waals surface area contributed by atoms with Crippen molar-refractivity contribution in [3.05, 3.63) is 116 Å². The van der Waals surface area contributed by atoms with Crippen molar-refractivity contribution in [3.63, 3.8) is 0 Å². The summed E-state index contributed by atoms with van der Waals surface area (Å²) in [6.45, 7) is 61.6. The second-order valence-corrected chi connectivity index (χ2v) is 68.9. The average molecular weight is 2200 g/mol. The van der Waals surface area contributed by atoms with Crippen molar-refractivity contribution in [1.82, 2.24) is 50.6 Å². The molecule has 6 heterocycles. The number of hydrogen-bond acceptors (Lipinski definition) is 12. The van der Waals surface area contributed by atoms with Crippen LogP contribution in [0.5, 0.6) is 0 Å². The number of rotatable bonds is 8. The number of hydrogen-bond donors (Lipinski definition) is 9. The summed E-state index contributed by atoms with van der Waals surface area (Å²) in [5.74, 6) is 6.36. The number of fused-ring (bicyclic) bond motifs is 24. The average Bonchev–Trinajstić information content (AvgIpc) is 0.971. The number of nitrogens with two attached hydrogens (primary N) is 4. The zero-order chi connectivity index (χ0) is 95.8. The predicted octanol–water partition coefficient (Wildman–Crippen LogP) is 22.0. The van der Waals surface area contributed by atoms with Gasteiger partial charge < -0.3 is 37.8 Å². The standard InChI is InChI=1S/C37H54N4O2.C35H54N6O.C31H46ClN3O.C6H9NO.2CH4.I3/c1-9-41-19-13-22(31(41)43)29(42)37-17-15-32(2,3)21-25(37)24-10-11-27-34(6)20-23-28(39-40-30(23)38)33(4,5)26(34)12-14-36(27,8)35(24,7)16-18-37;1-30(2)13-15-35(27-20(11-17-36)29(42)41-39-27)16-14-33(6)22(23(35)19-30)8-9-25-32(5)18-21-26(38-40-28(21)37)31(3,4)24(32)10-12-34(25,33)7;1-26(2)12-14-31(25(32)36)15-13-29(6)19(20(31)17-26)8-9-22-28(5)16-18-23(34-35-24(18)33)27(3,4)21(28)10-11-30(22,29)7;1-2-7-5-3-4-6(7)8;;;1-3-2/h9-10,22,25-27H,1,11-21H2,2-8H3,(H3,38,39,40);8,23-25H,9-19,36H2,1-7H3,(H3,37,38,40)(H2,39,41,42);8,20-22H,9-17H2,1-7H3,(H3,33,34,35);2H,1,3-5H2;2*1H4;/q;;;;;;-1/t22?,25?,26?,27?,34-,35+,36+,37-;23?,24?,25?,32-,33+,34+,35-;20?,21?,22?,28-,29+,30+,31-;;;;/m000..../s1. The molecule has 11 fully saturated rings. The van der Waals surface area contributed by atoms with Crippen LogP contribution in [-0.4, -0.2) is 93.1 Å². The molecule has 10 unspecified atom stereocenters. The topological polar surface area (TPSA) is 314 Å². The SMILES string of the molecule is C.C.C=CN1CCC(C(=O)[C@]23CCC(C)(C)CC2C2=CCC4[C@@]5(C)Cc6c(N)n[nH]c6C(C)(C)C5CC[C@@]4(C)[C@]2(C)CC3)C1=O.C=CN1CCCC1=O.CC1(C)CC[C@]2(C(=O)Cl)CC[C@]3(C)C(=CCC4[C@@]5(C)Cc6c(N)n[nH]c6C(C)(C)C5CC[C@]43C)C2C1.CC1(C)CC[C@]2(c3[nH][nH]c(=O)c3CCN)CC[C@]3(C)C(=CCC4[C@@]5(C)Cc6c(N)n[nH]c6C(C)(C)C5CC[C@]43C)C2C1.I[I-]I. The second-order valence-electron chi connectivity index (χ2n) is 52.3. The first-order chi connectivity index (χ1) is 61.6. The number of likely N-dealkylation sites (tertiary alicyclic amines) is 2. The summed E-state index contributed by atoms with van der Waals surface area (Å²) in [7, 11) is 0. The van der Waals surface area contributed by atoms with Gasteiger partial charge in [-0.1, -0.05) is 208 Å². The van der Waals surface area contributed by atoms with Gasteiger partial charge in [-0.15, -0.1) is 0 Å². The third kappa shape index (κ3) is 14.9. The van der Waals surface area contributed by atoms with E-state index >= 15 is 0 Å². The number of amides is 2. The van der Waals surface area contributed by atoms with Crippen molar-refractivity contribution in [1.29, 1.82) is 0 Å². The zero-order valence-electron chi connectivity index (χ0n) is 84.2. The molecule has 9 saturated carbocycles. The molecule has 15 aliphatic carbocycles. The number of nitrogen functional groups attached to an aromatic ring is 3. The molecule has 0 spiro atoms. The molecule has 4 aromatic rings. The van der Waals surface area contributed by atoms with Crippen molar-refractivity contribution in [2.45, 2.75) is 381 Å². The van der Waals surface area contributed by atoms with Gasteiger partial charge in [0.25, 0.3) is 5.56 Å². The number of aromatic nitrogens is 8. The second kappa shape index (κ2) is 34.9. The zero-order valence-corrected chi connectivity index (χ0v) is 91.4. The van der Waals surface area contributed by atoms with Gasteiger partial charge in [0.2, 0.25) is 17.1 Å². The Hall–Kier alpha value is -4.54. The van der Waals surface area contributed by atoms with Gasteiger partial charge in [-0.3, -0.25) is 44.4 Å². The van der Waals surface area contributed by atoms with Crippen LogP contribution >= 0.6 is 48.8 Å². The normalized spacial score (nSPS) is 41.0. The molecule has 2 aliphatic heterocycles. The van der Waals surface area contributed by atoms with E-state index in [0.717, 1.165) is 134 Å². The predicted molar refractivity (Wildman–Crippen MR) is 559 cm³/mol. The molecule has 19 nitrogen and oxygen atoms in total. The van der Waals surface area contributed by atoms with Crippen LogP contribution in [0, 0.1) is 135 Å². The van der Waals surface area contributed by atoms with Crippen LogP contribution in [0.3, 0.4) is 0 Å². The first-order valence-electron chi connectivity index (χ1n) is 51.2. The van der Waals surface area contributed by atoms with Crippen LogP contribution in [0.15, 0.2) is 65.3 Å². The molecule has 134 heavy (non-hydrogen) atoms. The maximum absolute atomic E-state index is 14.7. The van der Waals surface area contributed by atoms with Gasteiger partial charge in [0.15, 0.2) is 5.78 Å². The molecule has 0 radical (unpaired) electrons. The van der Waals surface area contributed by atoms with Crippen molar-refractivity contribution in [3.8, 4) is 0 Å². The van der Waals surface area contributed by atoms with E-state index in [4.69, 9.17) is 34.5 Å². The number of aromatic amines is 5. The van der Waals surface area contributed by atoms with E-state index in [-0.39, 0.29) is 147 Å². The number of carbonyl (C=O) groups excluding carboxylic acids is 4. The molecule has 23 heteroatoms. The summed E-state index contributed by atoms with van der Waals surface area (Å²) >= 11 is 11.8. The van der Waals surface area contributed by atoms with Crippen molar-refractivity contribution in [2.24, 2.45) is 141 Å². The van der Waals surface area contributed by atoms with Crippen LogP contribution in [-0.2, 0) is 66.5 Å². The van der Waals surface area contributed by atoms with Gasteiger partial charge in [0.05, 0.1) is 11.3 Å². The first-order valence-corrected chi connectivity index (χ1v) is 64.1. The number of H-pyrrole nitrogens is 5. The fourth-order valence-electron chi connectivity index (χ4n) is 36.8. The quantitative estimate of drug-likeness (QED) is 0.0344. The Morgan fingerprint density at radius 2 is 0.836 bits per heavy atom. The molecule has 17 aliphatic rings. The molecule has 13 N–H and O–H groups in total. The van der Waals surface area contributed by atoms with Crippen LogP contribution in [0.25, 0.3) is 0 Å². The Balaban J connectivity index is 0.000000144. The van der Waals surface area contributed by atoms with Crippen LogP contribution < -0.4 is 41.7 Å². The molecule has 0 aromatic carbocycles. The minimum atomic E-state index is -0.507. The molecule has 0 bridgehead atoms. The van der Waals surface area contributed by atoms with Gasteiger partial charge in [-0.2, -0.15) is 15.3 Å². The molecule has 4 aromatic heterocycles. The number of carbonyl (C=O) groups is 4. The van der Waals surface area contributed by atoms with Gasteiger partial charge in [0, 0.05) is 91.6 Å². The van der Waals surface area contributed by atoms with Crippen LogP contribution in [0.2, 0.25) is 0 Å². The van der Waals surface area contributed by atoms with E-state index in [0.29, 0.717) is 104 Å². The molecular formula is C111H171ClI3N14O5-. The van der Waals surface area contributed by atoms with E-state index in [1.165, 1.54) is 97.3 Å². The summed E-state index contributed by atoms with van der Waals surface area (Å²) < 4.78 is 0. The Bertz CT molecular complexity index is 5420. The summed E-state index contributed by atoms with van der Waals surface area (Å²) in [4.78, 5) is 68.0. The summed E-state index contributed by atoms with van der Waals surface area (Å²) in [5, 5.41) is 29.8. The Morgan fingerprint density at radius 1 is 0.478 bits per heavy atom. The fourth-order valence-corrected chi connectivity index (χ4v) is 37.1. The molecule has 2 saturated heterocycles. The van der Waals surface area contributed by atoms with Gasteiger partial charge >= 0.3 is 50.5 Å². The summed E-state index contributed by atoms with van der Waals surface area (Å²) in [5.41, 5.74) is 41.1. The van der Waals surface area contributed by atoms with Crippen molar-refractivity contribution in [2.75, 3.05) is 36.8 Å². The van der Waals surface area contributed by atoms with E-state index in [1.807, 2.05) is 0 Å². The fraction of sp³-hybridized carbons (Fsp3) is 0.766. The molecule has 21 rings (SSSR count). The number of ketones is 1. The van der Waals surface area contributed by atoms with Crippen LogP contribution in [0.4, 0.5) is 17.5 Å².